The Balaban J connectivity index is 1.42. The molecule has 270 valence electrons. The summed E-state index contributed by atoms with van der Waals surface area (Å²) in [6.45, 7) is 3.95. The van der Waals surface area contributed by atoms with E-state index in [0.717, 1.165) is 24.2 Å². The number of benzene rings is 2. The van der Waals surface area contributed by atoms with Crippen molar-refractivity contribution in [2.24, 2.45) is 5.92 Å². The van der Waals surface area contributed by atoms with Gasteiger partial charge in [-0.15, -0.1) is 10.2 Å². The third kappa shape index (κ3) is 6.68. The van der Waals surface area contributed by atoms with Crippen molar-refractivity contribution in [1.29, 1.82) is 5.26 Å². The molecule has 12 nitrogen and oxygen atoms in total. The Morgan fingerprint density at radius 2 is 1.84 bits per heavy atom. The summed E-state index contributed by atoms with van der Waals surface area (Å²) in [5, 5.41) is 22.5. The molecular formula is C34H37F2N7O5S3. The van der Waals surface area contributed by atoms with Crippen molar-refractivity contribution in [3.63, 3.8) is 0 Å². The first-order chi connectivity index (χ1) is 24.3. The van der Waals surface area contributed by atoms with E-state index in [9.17, 15) is 30.9 Å². The zero-order valence-corrected chi connectivity index (χ0v) is 30.7. The molecule has 3 heterocycles. The number of hydrogen-bond donors (Lipinski definition) is 0. The second kappa shape index (κ2) is 13.3. The second-order valence-electron chi connectivity index (χ2n) is 13.5. The number of nitriles is 1. The van der Waals surface area contributed by atoms with E-state index in [1.54, 1.807) is 54.9 Å². The van der Waals surface area contributed by atoms with Crippen molar-refractivity contribution in [3.05, 3.63) is 58.6 Å². The molecular weight excluding hydrogens is 721 g/mol. The third-order valence-corrected chi connectivity index (χ3v) is 14.8. The molecule has 51 heavy (non-hydrogen) atoms. The van der Waals surface area contributed by atoms with E-state index in [0.29, 0.717) is 70.8 Å². The van der Waals surface area contributed by atoms with Crippen molar-refractivity contribution in [1.82, 2.24) is 28.6 Å². The smallest absolute Gasteiger partial charge is 0.291 e. The Morgan fingerprint density at radius 3 is 2.39 bits per heavy atom. The average Bonchev–Trinajstić information content (AvgIpc) is 4.02. The maximum absolute atomic E-state index is 14.9. The van der Waals surface area contributed by atoms with Gasteiger partial charge in [0.05, 0.1) is 23.3 Å². The van der Waals surface area contributed by atoms with Crippen LogP contribution in [0.4, 0.5) is 8.78 Å². The second-order valence-corrected chi connectivity index (χ2v) is 18.9. The molecule has 2 fully saturated rings. The van der Waals surface area contributed by atoms with Gasteiger partial charge in [-0.2, -0.15) is 19.0 Å². The minimum Gasteiger partial charge on any atom is -0.497 e. The summed E-state index contributed by atoms with van der Waals surface area (Å²) < 4.78 is 92.8. The normalized spacial score (nSPS) is 18.1. The van der Waals surface area contributed by atoms with Crippen LogP contribution in [0.2, 0.25) is 0 Å². The molecule has 2 aromatic heterocycles. The molecule has 0 N–H and O–H groups in total. The van der Waals surface area contributed by atoms with Crippen molar-refractivity contribution < 1.29 is 30.4 Å². The van der Waals surface area contributed by atoms with E-state index in [1.807, 2.05) is 0 Å². The molecule has 0 unspecified atom stereocenters. The highest BCUT2D eigenvalue weighted by Crippen LogP contribution is 2.47. The number of hydrogen-bond acceptors (Lipinski definition) is 10. The van der Waals surface area contributed by atoms with Crippen LogP contribution in [0, 0.1) is 17.2 Å². The van der Waals surface area contributed by atoms with Gasteiger partial charge in [-0.3, -0.25) is 4.68 Å². The molecule has 17 heteroatoms. The van der Waals surface area contributed by atoms with Gasteiger partial charge in [0.15, 0.2) is 10.0 Å². The van der Waals surface area contributed by atoms with E-state index in [-0.39, 0.29) is 29.5 Å². The molecule has 2 aromatic carbocycles. The van der Waals surface area contributed by atoms with Crippen LogP contribution in [0.5, 0.6) is 5.75 Å². The van der Waals surface area contributed by atoms with E-state index >= 15 is 0 Å². The van der Waals surface area contributed by atoms with E-state index in [1.165, 1.54) is 21.8 Å². The zero-order valence-electron chi connectivity index (χ0n) is 28.3. The Hall–Kier alpha value is -3.82. The van der Waals surface area contributed by atoms with Crippen molar-refractivity contribution >= 4 is 47.9 Å². The largest absolute Gasteiger partial charge is 0.497 e. The number of alkyl halides is 2. The van der Waals surface area contributed by atoms with Crippen LogP contribution < -0.4 is 4.74 Å². The monoisotopic (exact) mass is 757 g/mol. The molecule has 0 amide bonds. The van der Waals surface area contributed by atoms with Crippen LogP contribution in [0.1, 0.15) is 68.5 Å². The van der Waals surface area contributed by atoms with Crippen molar-refractivity contribution in [2.45, 2.75) is 81.2 Å². The van der Waals surface area contributed by atoms with Gasteiger partial charge in [-0.05, 0) is 87.3 Å². The number of rotatable bonds is 13. The Labute approximate surface area is 299 Å². The molecule has 0 radical (unpaired) electrons. The summed E-state index contributed by atoms with van der Waals surface area (Å²) in [6.07, 6.45) is 1.92. The molecule has 4 aromatic rings. The highest BCUT2D eigenvalue weighted by atomic mass is 32.2. The Kier molecular flexibility index (Phi) is 9.28. The van der Waals surface area contributed by atoms with Gasteiger partial charge in [0, 0.05) is 37.1 Å². The standard InChI is InChI=1S/C34H37F2N7O5S3/c1-21(2)50(44,45)41-14-10-24(11-15-41)27-16-26(51(46,47)43(34(20-37)12-13-34)19-23-6-8-25(48-3)9-7-23)17-28-29(27)40-42(18-22-4-5-22)30(28)32-38-39-33(49-32)31(35)36/h6-10,16-17,21-22,31H,4-5,11-15,18-19H2,1-3H3. The van der Waals surface area contributed by atoms with E-state index in [2.05, 4.69) is 16.3 Å². The summed E-state index contributed by atoms with van der Waals surface area (Å²) in [5.41, 5.74) is 1.47. The molecule has 2 saturated carbocycles. The highest BCUT2D eigenvalue weighted by molar-refractivity contribution is 7.89. The Bertz CT molecular complexity index is 2270. The molecule has 2 aliphatic carbocycles. The summed E-state index contributed by atoms with van der Waals surface area (Å²) in [4.78, 5) is -0.0935. The Morgan fingerprint density at radius 1 is 1.12 bits per heavy atom. The van der Waals surface area contributed by atoms with Gasteiger partial charge in [0.25, 0.3) is 6.43 Å². The number of ether oxygens (including phenoxy) is 1. The lowest BCUT2D eigenvalue weighted by Crippen LogP contribution is -2.40. The number of halogens is 2. The average molecular weight is 758 g/mol. The maximum atomic E-state index is 14.9. The highest BCUT2D eigenvalue weighted by Gasteiger charge is 2.54. The number of sulfonamides is 2. The lowest BCUT2D eigenvalue weighted by atomic mass is 9.97. The maximum Gasteiger partial charge on any atom is 0.291 e. The quantitative estimate of drug-likeness (QED) is 0.160. The molecule has 0 bridgehead atoms. The van der Waals surface area contributed by atoms with Crippen LogP contribution in [-0.4, -0.2) is 76.4 Å². The van der Waals surface area contributed by atoms with Gasteiger partial charge < -0.3 is 4.74 Å². The summed E-state index contributed by atoms with van der Waals surface area (Å²) in [6, 6.07) is 12.2. The van der Waals surface area contributed by atoms with E-state index < -0.39 is 42.3 Å². The van der Waals surface area contributed by atoms with Crippen LogP contribution in [0.25, 0.3) is 27.2 Å². The fraction of sp³-hybridized carbons (Fsp3) is 0.471. The van der Waals surface area contributed by atoms with Crippen molar-refractivity contribution in [2.75, 3.05) is 20.2 Å². The topological polar surface area (TPSA) is 151 Å². The van der Waals surface area contributed by atoms with E-state index in [4.69, 9.17) is 9.84 Å². The molecule has 0 atom stereocenters. The predicted octanol–water partition coefficient (Wildman–Crippen LogP) is 5.99. The van der Waals surface area contributed by atoms with Gasteiger partial charge in [0.2, 0.25) is 20.0 Å². The molecule has 1 aliphatic heterocycles. The fourth-order valence-corrected chi connectivity index (χ4v) is 10.1. The molecule has 0 spiro atoms. The molecule has 0 saturated heterocycles. The summed E-state index contributed by atoms with van der Waals surface area (Å²) >= 11 is 0.730. The number of fused-ring (bicyclic) bond motifs is 1. The first-order valence-electron chi connectivity index (χ1n) is 16.7. The number of nitrogens with zero attached hydrogens (tertiary/aromatic N) is 7. The summed E-state index contributed by atoms with van der Waals surface area (Å²) in [5.74, 6) is 0.925. The van der Waals surface area contributed by atoms with Gasteiger partial charge in [-0.25, -0.2) is 25.6 Å². The van der Waals surface area contributed by atoms with Gasteiger partial charge in [0.1, 0.15) is 22.5 Å². The predicted molar refractivity (Wildman–Crippen MR) is 188 cm³/mol. The minimum atomic E-state index is -4.37. The zero-order chi connectivity index (χ0) is 36.3. The fourth-order valence-electron chi connectivity index (χ4n) is 6.37. The van der Waals surface area contributed by atoms with Crippen LogP contribution >= 0.6 is 11.3 Å². The number of methoxy groups -OCH3 is 1. The lowest BCUT2D eigenvalue weighted by molar-refractivity contribution is 0.150. The van der Waals surface area contributed by atoms with Crippen LogP contribution in [0.15, 0.2) is 47.4 Å². The summed E-state index contributed by atoms with van der Waals surface area (Å²) in [7, 11) is -6.37. The number of aromatic nitrogens is 4. The van der Waals surface area contributed by atoms with Crippen LogP contribution in [-0.2, 0) is 33.1 Å². The molecule has 3 aliphatic rings. The van der Waals surface area contributed by atoms with Crippen molar-refractivity contribution in [3.8, 4) is 22.5 Å². The SMILES string of the molecule is COc1ccc(CN(C2(C#N)CC2)S(=O)(=O)c2cc(C3=CCN(S(=O)(=O)C(C)C)CC3)c3nn(CC4CC4)c(-c4nnc(C(F)F)s4)c3c2)cc1. The van der Waals surface area contributed by atoms with Crippen LogP contribution in [0.3, 0.4) is 0 Å². The minimum absolute atomic E-state index is 0.0695. The third-order valence-electron chi connectivity index (χ3n) is 9.73. The lowest BCUT2D eigenvalue weighted by Gasteiger charge is -2.28. The molecule has 7 rings (SSSR count). The first kappa shape index (κ1) is 35.6. The van der Waals surface area contributed by atoms with Gasteiger partial charge >= 0.3 is 0 Å². The first-order valence-corrected chi connectivity index (χ1v) is 20.5. The van der Waals surface area contributed by atoms with Gasteiger partial charge in [-0.1, -0.05) is 29.5 Å².